The SMILES string of the molecule is N#Cc1ccc(C(=O)N[C@@H](c2ccc(Cl)c(F)c2)c2ncc(Cl)cc2F)cc1C#N. The number of pyridine rings is 1. The number of benzene rings is 2. The van der Waals surface area contributed by atoms with Gasteiger partial charge < -0.3 is 5.32 Å². The van der Waals surface area contributed by atoms with Crippen LogP contribution < -0.4 is 5.32 Å². The van der Waals surface area contributed by atoms with Gasteiger partial charge in [-0.25, -0.2) is 8.78 Å². The van der Waals surface area contributed by atoms with Crippen molar-refractivity contribution in [2.75, 3.05) is 0 Å². The third-order valence-electron chi connectivity index (χ3n) is 4.18. The van der Waals surface area contributed by atoms with E-state index in [1.807, 2.05) is 12.1 Å². The van der Waals surface area contributed by atoms with E-state index in [-0.39, 0.29) is 38.0 Å². The first-order valence-electron chi connectivity index (χ1n) is 8.35. The minimum absolute atomic E-state index is 0.00929. The van der Waals surface area contributed by atoms with E-state index in [9.17, 15) is 13.6 Å². The Morgan fingerprint density at radius 2 is 1.73 bits per heavy atom. The number of nitriles is 2. The van der Waals surface area contributed by atoms with Gasteiger partial charge in [0.05, 0.1) is 27.2 Å². The Bertz CT molecular complexity index is 1230. The fourth-order valence-electron chi connectivity index (χ4n) is 2.73. The van der Waals surface area contributed by atoms with Gasteiger partial charge in [0.15, 0.2) is 0 Å². The molecule has 0 unspecified atom stereocenters. The highest BCUT2D eigenvalue weighted by Crippen LogP contribution is 2.27. The third kappa shape index (κ3) is 4.38. The minimum Gasteiger partial charge on any atom is -0.339 e. The van der Waals surface area contributed by atoms with Crippen LogP contribution >= 0.6 is 23.2 Å². The zero-order chi connectivity index (χ0) is 21.8. The maximum Gasteiger partial charge on any atom is 0.252 e. The molecule has 0 aliphatic heterocycles. The van der Waals surface area contributed by atoms with Crippen LogP contribution in [0.3, 0.4) is 0 Å². The summed E-state index contributed by atoms with van der Waals surface area (Å²) in [5.41, 5.74) is 0.168. The molecule has 1 aromatic heterocycles. The van der Waals surface area contributed by atoms with Crippen molar-refractivity contribution in [1.29, 1.82) is 10.5 Å². The summed E-state index contributed by atoms with van der Waals surface area (Å²) in [5.74, 6) is -2.25. The first-order chi connectivity index (χ1) is 14.3. The third-order valence-corrected chi connectivity index (χ3v) is 4.70. The fraction of sp³-hybridized carbons (Fsp3) is 0.0476. The summed E-state index contributed by atoms with van der Waals surface area (Å²) >= 11 is 11.5. The molecule has 0 spiro atoms. The van der Waals surface area contributed by atoms with E-state index in [1.54, 1.807) is 0 Å². The monoisotopic (exact) mass is 442 g/mol. The molecule has 0 bridgehead atoms. The van der Waals surface area contributed by atoms with Gasteiger partial charge in [0.1, 0.15) is 29.5 Å². The van der Waals surface area contributed by atoms with E-state index in [4.69, 9.17) is 33.7 Å². The van der Waals surface area contributed by atoms with Gasteiger partial charge in [-0.2, -0.15) is 10.5 Å². The molecule has 3 rings (SSSR count). The molecule has 0 radical (unpaired) electrons. The molecular formula is C21H10Cl2F2N4O. The quantitative estimate of drug-likeness (QED) is 0.619. The summed E-state index contributed by atoms with van der Waals surface area (Å²) in [6, 6.07) is 11.2. The maximum atomic E-state index is 14.5. The van der Waals surface area contributed by atoms with Gasteiger partial charge in [-0.05, 0) is 42.0 Å². The van der Waals surface area contributed by atoms with Gasteiger partial charge in [0.2, 0.25) is 0 Å². The van der Waals surface area contributed by atoms with Gasteiger partial charge in [-0.1, -0.05) is 29.3 Å². The number of halogens is 4. The minimum atomic E-state index is -1.18. The highest BCUT2D eigenvalue weighted by molar-refractivity contribution is 6.30. The molecule has 5 nitrogen and oxygen atoms in total. The Hall–Kier alpha value is -3.52. The van der Waals surface area contributed by atoms with E-state index in [0.717, 1.165) is 12.1 Å². The molecule has 9 heteroatoms. The van der Waals surface area contributed by atoms with Crippen molar-refractivity contribution in [3.05, 3.63) is 98.3 Å². The summed E-state index contributed by atoms with van der Waals surface area (Å²) in [6.07, 6.45) is 1.20. The standard InChI is InChI=1S/C21H10Cl2F2N4O/c22-15-7-18(25)20(28-10-15)19(11-3-4-16(23)17(24)6-11)29-21(30)12-1-2-13(8-26)14(5-12)9-27/h1-7,10,19H,(H,29,30)/t19-/m0/s1. The molecule has 0 saturated heterocycles. The molecule has 0 aliphatic carbocycles. The number of nitrogens with zero attached hydrogens (tertiary/aromatic N) is 3. The average molecular weight is 443 g/mol. The number of hydrogen-bond donors (Lipinski definition) is 1. The molecule has 1 amide bonds. The second-order valence-corrected chi connectivity index (χ2v) is 6.93. The molecule has 1 atom stereocenters. The smallest absolute Gasteiger partial charge is 0.252 e. The van der Waals surface area contributed by atoms with Crippen LogP contribution in [-0.4, -0.2) is 10.9 Å². The van der Waals surface area contributed by atoms with Crippen molar-refractivity contribution in [2.45, 2.75) is 6.04 Å². The van der Waals surface area contributed by atoms with E-state index in [1.165, 1.54) is 36.5 Å². The number of aromatic nitrogens is 1. The van der Waals surface area contributed by atoms with E-state index in [2.05, 4.69) is 10.3 Å². The molecule has 2 aromatic carbocycles. The lowest BCUT2D eigenvalue weighted by Crippen LogP contribution is -2.30. The first kappa shape index (κ1) is 21.2. The number of carbonyl (C=O) groups is 1. The molecule has 3 aromatic rings. The van der Waals surface area contributed by atoms with Crippen molar-refractivity contribution in [2.24, 2.45) is 0 Å². The molecular weight excluding hydrogens is 433 g/mol. The molecule has 148 valence electrons. The van der Waals surface area contributed by atoms with Gasteiger partial charge in [0.25, 0.3) is 5.91 Å². The van der Waals surface area contributed by atoms with Crippen LogP contribution in [0.15, 0.2) is 48.7 Å². The molecule has 30 heavy (non-hydrogen) atoms. The van der Waals surface area contributed by atoms with Gasteiger partial charge in [-0.15, -0.1) is 0 Å². The number of nitrogens with one attached hydrogen (secondary N) is 1. The molecule has 1 N–H and O–H groups in total. The normalized spacial score (nSPS) is 11.3. The van der Waals surface area contributed by atoms with Crippen molar-refractivity contribution in [3.63, 3.8) is 0 Å². The molecule has 0 saturated carbocycles. The van der Waals surface area contributed by atoms with Crippen molar-refractivity contribution < 1.29 is 13.6 Å². The number of hydrogen-bond acceptors (Lipinski definition) is 4. The summed E-state index contributed by atoms with van der Waals surface area (Å²) < 4.78 is 28.6. The number of rotatable bonds is 4. The predicted molar refractivity (Wildman–Crippen MR) is 106 cm³/mol. The Kier molecular flexibility index (Phi) is 6.27. The molecule has 0 fully saturated rings. The van der Waals surface area contributed by atoms with Gasteiger partial charge in [-0.3, -0.25) is 9.78 Å². The van der Waals surface area contributed by atoms with Crippen molar-refractivity contribution >= 4 is 29.1 Å². The van der Waals surface area contributed by atoms with Crippen LogP contribution in [0.5, 0.6) is 0 Å². The van der Waals surface area contributed by atoms with Crippen LogP contribution in [-0.2, 0) is 0 Å². The first-order valence-corrected chi connectivity index (χ1v) is 9.10. The topological polar surface area (TPSA) is 89.6 Å². The second-order valence-electron chi connectivity index (χ2n) is 6.08. The van der Waals surface area contributed by atoms with E-state index in [0.29, 0.717) is 0 Å². The van der Waals surface area contributed by atoms with Gasteiger partial charge in [0, 0.05) is 11.8 Å². The molecule has 0 aliphatic rings. The van der Waals surface area contributed by atoms with E-state index >= 15 is 0 Å². The predicted octanol–water partition coefficient (Wildman–Crippen LogP) is 4.93. The second kappa shape index (κ2) is 8.87. The highest BCUT2D eigenvalue weighted by Gasteiger charge is 2.24. The molecule has 1 heterocycles. The Labute approximate surface area is 180 Å². The Morgan fingerprint density at radius 3 is 2.37 bits per heavy atom. The van der Waals surface area contributed by atoms with Gasteiger partial charge >= 0.3 is 0 Å². The van der Waals surface area contributed by atoms with Crippen LogP contribution in [0.25, 0.3) is 0 Å². The van der Waals surface area contributed by atoms with Crippen LogP contribution in [0.2, 0.25) is 10.0 Å². The summed E-state index contributed by atoms with van der Waals surface area (Å²) in [4.78, 5) is 16.7. The van der Waals surface area contributed by atoms with E-state index < -0.39 is 23.6 Å². The lowest BCUT2D eigenvalue weighted by molar-refractivity contribution is 0.0941. The lowest BCUT2D eigenvalue weighted by Gasteiger charge is -2.20. The Balaban J connectivity index is 2.05. The average Bonchev–Trinajstić information content (AvgIpc) is 2.73. The fourth-order valence-corrected chi connectivity index (χ4v) is 2.99. The Morgan fingerprint density at radius 1 is 1.00 bits per heavy atom. The largest absolute Gasteiger partial charge is 0.339 e. The number of carbonyl (C=O) groups excluding carboxylic acids is 1. The summed E-state index contributed by atoms with van der Waals surface area (Å²) in [5, 5.41) is 20.7. The number of amides is 1. The lowest BCUT2D eigenvalue weighted by atomic mass is 10.0. The van der Waals surface area contributed by atoms with Crippen molar-refractivity contribution in [1.82, 2.24) is 10.3 Å². The maximum absolute atomic E-state index is 14.5. The summed E-state index contributed by atoms with van der Waals surface area (Å²) in [6.45, 7) is 0. The zero-order valence-electron chi connectivity index (χ0n) is 15.0. The summed E-state index contributed by atoms with van der Waals surface area (Å²) in [7, 11) is 0. The van der Waals surface area contributed by atoms with Crippen LogP contribution in [0.1, 0.15) is 38.8 Å². The van der Waals surface area contributed by atoms with Crippen LogP contribution in [0.4, 0.5) is 8.78 Å². The van der Waals surface area contributed by atoms with Crippen molar-refractivity contribution in [3.8, 4) is 12.1 Å². The van der Waals surface area contributed by atoms with Crippen LogP contribution in [0, 0.1) is 34.3 Å². The highest BCUT2D eigenvalue weighted by atomic mass is 35.5. The zero-order valence-corrected chi connectivity index (χ0v) is 16.5.